The molecular weight excluding hydrogens is 653 g/mol. The van der Waals surface area contributed by atoms with E-state index in [9.17, 15) is 0 Å². The molecule has 10 aromatic rings. The summed E-state index contributed by atoms with van der Waals surface area (Å²) in [5.41, 5.74) is 14.0. The Bertz CT molecular complexity index is 2890. The Kier molecular flexibility index (Phi) is 7.85. The van der Waals surface area contributed by atoms with Crippen LogP contribution in [-0.2, 0) is 0 Å². The molecule has 0 saturated heterocycles. The summed E-state index contributed by atoms with van der Waals surface area (Å²) in [6, 6.07) is 78.8. The van der Waals surface area contributed by atoms with Crippen LogP contribution in [0.5, 0.6) is 0 Å². The third-order valence-corrected chi connectivity index (χ3v) is 10.6. The molecule has 54 heavy (non-hydrogen) atoms. The molecule has 254 valence electrons. The quantitative estimate of drug-likeness (QED) is 0.162. The van der Waals surface area contributed by atoms with Crippen LogP contribution in [0.4, 0.5) is 17.1 Å². The number of aromatic nitrogens is 1. The molecule has 0 N–H and O–H groups in total. The van der Waals surface area contributed by atoms with Crippen LogP contribution in [0.1, 0.15) is 0 Å². The first-order valence-electron chi connectivity index (χ1n) is 18.5. The van der Waals surface area contributed by atoms with Gasteiger partial charge in [-0.25, -0.2) is 0 Å². The Morgan fingerprint density at radius 1 is 0.315 bits per heavy atom. The van der Waals surface area contributed by atoms with Gasteiger partial charge in [-0.15, -0.1) is 0 Å². The maximum absolute atomic E-state index is 2.43. The normalized spacial score (nSPS) is 11.3. The lowest BCUT2D eigenvalue weighted by Crippen LogP contribution is -2.12. The van der Waals surface area contributed by atoms with Crippen LogP contribution >= 0.6 is 0 Å². The average molecular weight is 689 g/mol. The molecule has 0 amide bonds. The largest absolute Gasteiger partial charge is 0.308 e. The van der Waals surface area contributed by atoms with Crippen molar-refractivity contribution >= 4 is 49.6 Å². The van der Waals surface area contributed by atoms with Gasteiger partial charge in [-0.2, -0.15) is 0 Å². The molecule has 0 aliphatic rings. The Morgan fingerprint density at radius 3 is 1.43 bits per heavy atom. The summed E-state index contributed by atoms with van der Waals surface area (Å²) in [6.07, 6.45) is 0. The number of anilines is 3. The van der Waals surface area contributed by atoms with Crippen LogP contribution in [0, 0.1) is 0 Å². The number of fused-ring (bicyclic) bond motifs is 4. The molecule has 0 spiro atoms. The molecule has 0 aliphatic carbocycles. The number of hydrogen-bond acceptors (Lipinski definition) is 1. The summed E-state index contributed by atoms with van der Waals surface area (Å²) in [5, 5.41) is 4.94. The fraction of sp³-hybridized carbons (Fsp3) is 0. The van der Waals surface area contributed by atoms with Crippen LogP contribution in [-0.4, -0.2) is 4.57 Å². The minimum atomic E-state index is 1.09. The summed E-state index contributed by atoms with van der Waals surface area (Å²) in [7, 11) is 0. The summed E-state index contributed by atoms with van der Waals surface area (Å²) in [6.45, 7) is 0. The zero-order valence-corrected chi connectivity index (χ0v) is 29.7. The fourth-order valence-corrected chi connectivity index (χ4v) is 8.10. The van der Waals surface area contributed by atoms with Crippen molar-refractivity contribution in [1.82, 2.24) is 4.57 Å². The monoisotopic (exact) mass is 688 g/mol. The molecule has 0 bridgehead atoms. The Labute approximate surface area is 315 Å². The highest BCUT2D eigenvalue weighted by molar-refractivity contribution is 6.16. The van der Waals surface area contributed by atoms with Crippen molar-refractivity contribution in [2.24, 2.45) is 0 Å². The van der Waals surface area contributed by atoms with E-state index >= 15 is 0 Å². The van der Waals surface area contributed by atoms with Gasteiger partial charge >= 0.3 is 0 Å². The first-order valence-corrected chi connectivity index (χ1v) is 18.5. The first-order chi connectivity index (χ1) is 26.8. The van der Waals surface area contributed by atoms with Crippen LogP contribution in [0.2, 0.25) is 0 Å². The molecule has 1 heterocycles. The van der Waals surface area contributed by atoms with E-state index in [0.29, 0.717) is 0 Å². The summed E-state index contributed by atoms with van der Waals surface area (Å²) >= 11 is 0. The zero-order valence-electron chi connectivity index (χ0n) is 29.7. The van der Waals surface area contributed by atoms with Crippen LogP contribution < -0.4 is 4.90 Å². The maximum Gasteiger partial charge on any atom is 0.0782 e. The smallest absolute Gasteiger partial charge is 0.0782 e. The third kappa shape index (κ3) is 5.44. The Hall–Kier alpha value is -7.16. The predicted molar refractivity (Wildman–Crippen MR) is 229 cm³/mol. The van der Waals surface area contributed by atoms with E-state index in [0.717, 1.165) is 28.3 Å². The van der Waals surface area contributed by atoms with Gasteiger partial charge in [0.15, 0.2) is 0 Å². The van der Waals surface area contributed by atoms with Gasteiger partial charge in [0.1, 0.15) is 0 Å². The predicted octanol–water partition coefficient (Wildman–Crippen LogP) is 14.4. The highest BCUT2D eigenvalue weighted by atomic mass is 15.2. The van der Waals surface area contributed by atoms with Crippen molar-refractivity contribution in [1.29, 1.82) is 0 Å². The number of hydrogen-bond donors (Lipinski definition) is 0. The lowest BCUT2D eigenvalue weighted by atomic mass is 9.92. The first kappa shape index (κ1) is 31.6. The fourth-order valence-electron chi connectivity index (χ4n) is 8.10. The van der Waals surface area contributed by atoms with Gasteiger partial charge in [0, 0.05) is 27.8 Å². The van der Waals surface area contributed by atoms with E-state index in [4.69, 9.17) is 0 Å². The van der Waals surface area contributed by atoms with E-state index < -0.39 is 0 Å². The lowest BCUT2D eigenvalue weighted by molar-refractivity contribution is 1.17. The van der Waals surface area contributed by atoms with E-state index in [1.54, 1.807) is 0 Å². The minimum absolute atomic E-state index is 1.09. The van der Waals surface area contributed by atoms with Crippen molar-refractivity contribution in [3.8, 4) is 39.1 Å². The summed E-state index contributed by atoms with van der Waals surface area (Å²) in [5.74, 6) is 0. The molecule has 0 atom stereocenters. The van der Waals surface area contributed by atoms with Gasteiger partial charge in [-0.05, 0) is 98.8 Å². The van der Waals surface area contributed by atoms with Gasteiger partial charge in [0.05, 0.1) is 16.7 Å². The second-order valence-corrected chi connectivity index (χ2v) is 13.7. The number of para-hydroxylation sites is 3. The maximum atomic E-state index is 2.43. The van der Waals surface area contributed by atoms with E-state index in [1.165, 1.54) is 60.4 Å². The Morgan fingerprint density at radius 2 is 0.796 bits per heavy atom. The van der Waals surface area contributed by atoms with Gasteiger partial charge in [-0.3, -0.25) is 0 Å². The van der Waals surface area contributed by atoms with Crippen molar-refractivity contribution in [3.63, 3.8) is 0 Å². The minimum Gasteiger partial charge on any atom is -0.308 e. The number of nitrogens with zero attached hydrogens (tertiary/aromatic N) is 2. The van der Waals surface area contributed by atoms with E-state index in [2.05, 4.69) is 228 Å². The van der Waals surface area contributed by atoms with E-state index in [-0.39, 0.29) is 0 Å². The van der Waals surface area contributed by atoms with Crippen LogP contribution in [0.3, 0.4) is 0 Å². The third-order valence-electron chi connectivity index (χ3n) is 10.6. The molecule has 0 fully saturated rings. The summed E-state index contributed by atoms with van der Waals surface area (Å²) in [4.78, 5) is 2.42. The Balaban J connectivity index is 1.21. The molecule has 1 aromatic heterocycles. The standard InChI is InChI=1S/C52H36N2/c1-5-17-37(18-6-1)40-35-49-48-27-15-16-28-50(48)54(42-23-11-4-12-24-42)52(49)51(36-40)53(41-21-9-3-10-22-41)43-31-29-39(30-32-43)45-34-33-44(38-19-7-2-8-20-38)46-25-13-14-26-47(45)46/h1-36H. The SMILES string of the molecule is c1ccc(-c2cc(N(c3ccccc3)c3ccc(-c4ccc(-c5ccccc5)c5ccccc45)cc3)c3c(c2)c2ccccc2n3-c2ccccc2)cc1. The molecule has 2 heteroatoms. The van der Waals surface area contributed by atoms with Gasteiger partial charge < -0.3 is 9.47 Å². The van der Waals surface area contributed by atoms with E-state index in [1.807, 2.05) is 0 Å². The molecule has 2 nitrogen and oxygen atoms in total. The highest BCUT2D eigenvalue weighted by Gasteiger charge is 2.23. The second kappa shape index (κ2) is 13.4. The van der Waals surface area contributed by atoms with Crippen molar-refractivity contribution < 1.29 is 0 Å². The van der Waals surface area contributed by atoms with Crippen molar-refractivity contribution in [2.75, 3.05) is 4.90 Å². The second-order valence-electron chi connectivity index (χ2n) is 13.7. The van der Waals surface area contributed by atoms with Crippen LogP contribution in [0.25, 0.3) is 71.6 Å². The lowest BCUT2D eigenvalue weighted by Gasteiger charge is -2.28. The molecule has 9 aromatic carbocycles. The number of benzene rings is 9. The molecule has 0 unspecified atom stereocenters. The molecule has 10 rings (SSSR count). The molecule has 0 radical (unpaired) electrons. The van der Waals surface area contributed by atoms with Gasteiger partial charge in [0.25, 0.3) is 0 Å². The van der Waals surface area contributed by atoms with Crippen molar-refractivity contribution in [2.45, 2.75) is 0 Å². The number of rotatable bonds is 7. The zero-order chi connectivity index (χ0) is 35.8. The molecule has 0 saturated carbocycles. The average Bonchev–Trinajstić information content (AvgIpc) is 3.59. The van der Waals surface area contributed by atoms with Crippen LogP contribution in [0.15, 0.2) is 218 Å². The summed E-state index contributed by atoms with van der Waals surface area (Å²) < 4.78 is 2.43. The molecule has 0 aliphatic heterocycles. The van der Waals surface area contributed by atoms with Crippen molar-refractivity contribution in [3.05, 3.63) is 218 Å². The highest BCUT2D eigenvalue weighted by Crippen LogP contribution is 2.46. The molecular formula is C52H36N2. The van der Waals surface area contributed by atoms with Gasteiger partial charge in [-0.1, -0.05) is 164 Å². The topological polar surface area (TPSA) is 8.17 Å². The van der Waals surface area contributed by atoms with Gasteiger partial charge in [0.2, 0.25) is 0 Å².